The van der Waals surface area contributed by atoms with Gasteiger partial charge in [-0.3, -0.25) is 14.4 Å². The maximum absolute atomic E-state index is 12.5. The zero-order valence-corrected chi connectivity index (χ0v) is 14.1. The summed E-state index contributed by atoms with van der Waals surface area (Å²) in [6.07, 6.45) is 3.38. The van der Waals surface area contributed by atoms with Crippen LogP contribution in [0.2, 0.25) is 0 Å². The number of carbonyl (C=O) groups is 3. The van der Waals surface area contributed by atoms with Crippen molar-refractivity contribution >= 4 is 17.6 Å². The first kappa shape index (κ1) is 17.0. The largest absolute Gasteiger partial charge is 0.352 e. The molecule has 0 aromatic heterocycles. The smallest absolute Gasteiger partial charge is 0.220 e. The van der Waals surface area contributed by atoms with Gasteiger partial charge in [0.15, 0.2) is 0 Å². The van der Waals surface area contributed by atoms with Gasteiger partial charge >= 0.3 is 0 Å². The van der Waals surface area contributed by atoms with Crippen molar-refractivity contribution in [3.63, 3.8) is 0 Å². The van der Waals surface area contributed by atoms with E-state index in [1.54, 1.807) is 0 Å². The van der Waals surface area contributed by atoms with Gasteiger partial charge in [-0.2, -0.15) is 0 Å². The van der Waals surface area contributed by atoms with Crippen LogP contribution in [0, 0.1) is 10.8 Å². The minimum Gasteiger partial charge on any atom is -0.352 e. The molecule has 2 aliphatic rings. The molecule has 124 valence electrons. The van der Waals surface area contributed by atoms with Gasteiger partial charge in [0.1, 0.15) is 5.78 Å². The second-order valence-corrected chi connectivity index (χ2v) is 8.16. The Morgan fingerprint density at radius 1 is 0.909 bits per heavy atom. The second kappa shape index (κ2) is 6.01. The van der Waals surface area contributed by atoms with Gasteiger partial charge < -0.3 is 10.6 Å². The van der Waals surface area contributed by atoms with Crippen LogP contribution in [-0.4, -0.2) is 29.7 Å². The van der Waals surface area contributed by atoms with Gasteiger partial charge in [-0.05, 0) is 23.7 Å². The van der Waals surface area contributed by atoms with Crippen LogP contribution >= 0.6 is 0 Å². The molecular formula is C17H28N2O3. The van der Waals surface area contributed by atoms with Crippen molar-refractivity contribution < 1.29 is 14.4 Å². The normalized spacial score (nSPS) is 30.4. The molecule has 0 bridgehead atoms. The van der Waals surface area contributed by atoms with Crippen LogP contribution in [0.3, 0.4) is 0 Å². The number of Topliss-reactive ketones (excluding diaryl/α,β-unsaturated/α-hetero) is 1. The van der Waals surface area contributed by atoms with Crippen LogP contribution in [-0.2, 0) is 14.4 Å². The predicted molar refractivity (Wildman–Crippen MR) is 84.1 cm³/mol. The van der Waals surface area contributed by atoms with E-state index in [1.807, 2.05) is 0 Å². The van der Waals surface area contributed by atoms with Crippen LogP contribution in [0.25, 0.3) is 0 Å². The van der Waals surface area contributed by atoms with Crippen LogP contribution in [0.15, 0.2) is 0 Å². The van der Waals surface area contributed by atoms with Crippen molar-refractivity contribution in [3.8, 4) is 0 Å². The summed E-state index contributed by atoms with van der Waals surface area (Å²) in [5.74, 6) is 0.174. The number of hydrogen-bond donors (Lipinski definition) is 2. The molecule has 0 unspecified atom stereocenters. The van der Waals surface area contributed by atoms with Crippen LogP contribution in [0.4, 0.5) is 0 Å². The Labute approximate surface area is 132 Å². The fraction of sp³-hybridized carbons (Fsp3) is 0.824. The third-order valence-corrected chi connectivity index (χ3v) is 5.41. The van der Waals surface area contributed by atoms with Crippen LogP contribution in [0.5, 0.6) is 0 Å². The van der Waals surface area contributed by atoms with Crippen molar-refractivity contribution in [1.29, 1.82) is 0 Å². The van der Waals surface area contributed by atoms with Crippen LogP contribution < -0.4 is 10.6 Å². The summed E-state index contributed by atoms with van der Waals surface area (Å²) in [7, 11) is 0. The Kier molecular flexibility index (Phi) is 4.64. The molecule has 0 radical (unpaired) electrons. The summed E-state index contributed by atoms with van der Waals surface area (Å²) in [6.45, 7) is 8.38. The molecule has 0 aromatic carbocycles. The van der Waals surface area contributed by atoms with E-state index in [0.717, 1.165) is 12.8 Å². The molecule has 2 heterocycles. The zero-order chi connectivity index (χ0) is 16.5. The highest BCUT2D eigenvalue weighted by Crippen LogP contribution is 2.35. The molecule has 0 spiro atoms. The van der Waals surface area contributed by atoms with E-state index in [-0.39, 0.29) is 40.5 Å². The predicted octanol–water partition coefficient (Wildman–Crippen LogP) is 1.95. The summed E-state index contributed by atoms with van der Waals surface area (Å²) < 4.78 is 0. The highest BCUT2D eigenvalue weighted by atomic mass is 16.2. The van der Waals surface area contributed by atoms with Gasteiger partial charge in [0, 0.05) is 37.8 Å². The second-order valence-electron chi connectivity index (χ2n) is 8.16. The standard InChI is InChI=1S/C17H28N2O3/c1-16(2)7-5-14(21)18-12(16)9-11(20)10-13-17(3,4)8-6-15(22)19-13/h12-13H,5-10H2,1-4H3,(H,18,21)(H,19,22)/t12-,13-/m1/s1. The molecule has 2 amide bonds. The SMILES string of the molecule is CC1(C)CCC(=O)N[C@@H]1CC(=O)C[C@H]1NC(=O)CCC1(C)C. The van der Waals surface area contributed by atoms with E-state index in [0.29, 0.717) is 25.7 Å². The van der Waals surface area contributed by atoms with E-state index >= 15 is 0 Å². The van der Waals surface area contributed by atoms with Crippen molar-refractivity contribution in [1.82, 2.24) is 10.6 Å². The van der Waals surface area contributed by atoms with Crippen molar-refractivity contribution in [3.05, 3.63) is 0 Å². The molecule has 2 aliphatic heterocycles. The number of piperidine rings is 2. The maximum atomic E-state index is 12.5. The summed E-state index contributed by atoms with van der Waals surface area (Å²) in [5.41, 5.74) is -0.121. The third-order valence-electron chi connectivity index (χ3n) is 5.41. The molecule has 2 atom stereocenters. The van der Waals surface area contributed by atoms with Gasteiger partial charge in [0.2, 0.25) is 11.8 Å². The van der Waals surface area contributed by atoms with E-state index in [4.69, 9.17) is 0 Å². The average Bonchev–Trinajstić information content (AvgIpc) is 2.39. The van der Waals surface area contributed by atoms with E-state index in [9.17, 15) is 14.4 Å². The lowest BCUT2D eigenvalue weighted by Crippen LogP contribution is -2.53. The average molecular weight is 308 g/mol. The Bertz CT molecular complexity index is 440. The third kappa shape index (κ3) is 3.87. The lowest BCUT2D eigenvalue weighted by Gasteiger charge is -2.40. The molecule has 5 heteroatoms. The summed E-state index contributed by atoms with van der Waals surface area (Å²) in [5, 5.41) is 5.91. The fourth-order valence-electron chi connectivity index (χ4n) is 3.34. The van der Waals surface area contributed by atoms with E-state index in [2.05, 4.69) is 38.3 Å². The monoisotopic (exact) mass is 308 g/mol. The summed E-state index contributed by atoms with van der Waals surface area (Å²) in [6, 6.07) is -0.215. The summed E-state index contributed by atoms with van der Waals surface area (Å²) in [4.78, 5) is 35.7. The molecule has 2 saturated heterocycles. The lowest BCUT2D eigenvalue weighted by molar-refractivity contribution is -0.128. The van der Waals surface area contributed by atoms with Gasteiger partial charge in [-0.15, -0.1) is 0 Å². The number of hydrogen-bond acceptors (Lipinski definition) is 3. The molecule has 2 rings (SSSR count). The van der Waals surface area contributed by atoms with Gasteiger partial charge in [0.25, 0.3) is 0 Å². The minimum atomic E-state index is -0.108. The number of carbonyl (C=O) groups excluding carboxylic acids is 3. The van der Waals surface area contributed by atoms with Crippen molar-refractivity contribution in [2.75, 3.05) is 0 Å². The van der Waals surface area contributed by atoms with Crippen molar-refractivity contribution in [2.45, 2.75) is 78.3 Å². The van der Waals surface area contributed by atoms with Crippen LogP contribution in [0.1, 0.15) is 66.2 Å². The van der Waals surface area contributed by atoms with E-state index in [1.165, 1.54) is 0 Å². The molecule has 2 fully saturated rings. The molecule has 2 N–H and O–H groups in total. The Morgan fingerprint density at radius 2 is 1.27 bits per heavy atom. The maximum Gasteiger partial charge on any atom is 0.220 e. The Balaban J connectivity index is 1.97. The molecule has 5 nitrogen and oxygen atoms in total. The Morgan fingerprint density at radius 3 is 1.64 bits per heavy atom. The first-order valence-electron chi connectivity index (χ1n) is 8.20. The molecule has 0 aromatic rings. The summed E-state index contributed by atoms with van der Waals surface area (Å²) >= 11 is 0. The topological polar surface area (TPSA) is 75.3 Å². The quantitative estimate of drug-likeness (QED) is 0.833. The first-order valence-corrected chi connectivity index (χ1v) is 8.20. The molecule has 22 heavy (non-hydrogen) atoms. The first-order chi connectivity index (χ1) is 10.1. The molecule has 0 saturated carbocycles. The highest BCUT2D eigenvalue weighted by Gasteiger charge is 2.39. The van der Waals surface area contributed by atoms with Crippen molar-refractivity contribution in [2.24, 2.45) is 10.8 Å². The number of amides is 2. The van der Waals surface area contributed by atoms with Gasteiger partial charge in [-0.1, -0.05) is 27.7 Å². The number of nitrogens with one attached hydrogen (secondary N) is 2. The minimum absolute atomic E-state index is 0.0309. The van der Waals surface area contributed by atoms with Gasteiger partial charge in [0.05, 0.1) is 0 Å². The number of ketones is 1. The molecular weight excluding hydrogens is 280 g/mol. The Hall–Kier alpha value is -1.39. The molecule has 0 aliphatic carbocycles. The van der Waals surface area contributed by atoms with E-state index < -0.39 is 0 Å². The fourth-order valence-corrected chi connectivity index (χ4v) is 3.34. The van der Waals surface area contributed by atoms with Gasteiger partial charge in [-0.25, -0.2) is 0 Å². The number of rotatable bonds is 4. The highest BCUT2D eigenvalue weighted by molar-refractivity contribution is 5.84. The zero-order valence-electron chi connectivity index (χ0n) is 14.1. The lowest BCUT2D eigenvalue weighted by atomic mass is 9.72.